The summed E-state index contributed by atoms with van der Waals surface area (Å²) in [4.78, 5) is 10.4. The summed E-state index contributed by atoms with van der Waals surface area (Å²) in [7, 11) is 1.51. The lowest BCUT2D eigenvalue weighted by Crippen LogP contribution is -2.12. The maximum Gasteiger partial charge on any atom is 0.275 e. The van der Waals surface area contributed by atoms with Gasteiger partial charge >= 0.3 is 0 Å². The van der Waals surface area contributed by atoms with Crippen molar-refractivity contribution in [3.8, 4) is 5.75 Å². The normalized spacial score (nSPS) is 18.3. The van der Waals surface area contributed by atoms with Crippen LogP contribution in [0.4, 0.5) is 11.4 Å². The molecule has 0 aliphatic carbocycles. The van der Waals surface area contributed by atoms with Crippen LogP contribution in [0, 0.1) is 16.0 Å². The quantitative estimate of drug-likeness (QED) is 0.608. The van der Waals surface area contributed by atoms with E-state index in [2.05, 4.69) is 10.6 Å². The van der Waals surface area contributed by atoms with E-state index < -0.39 is 4.92 Å². The van der Waals surface area contributed by atoms with Crippen LogP contribution in [0.1, 0.15) is 12.8 Å². The number of hydrogen-bond acceptors (Lipinski definition) is 5. The fourth-order valence-corrected chi connectivity index (χ4v) is 2.29. The van der Waals surface area contributed by atoms with Crippen molar-refractivity contribution < 1.29 is 9.66 Å². The summed E-state index contributed by atoms with van der Waals surface area (Å²) >= 11 is 0. The number of nitrogens with one attached hydrogen (secondary N) is 2. The number of anilines is 1. The number of methoxy groups -OCH3 is 1. The van der Waals surface area contributed by atoms with Gasteiger partial charge in [0.2, 0.25) is 0 Å². The Hall–Kier alpha value is -1.82. The molecule has 19 heavy (non-hydrogen) atoms. The number of nitrogens with zero attached hydrogens (tertiary/aromatic N) is 1. The molecule has 1 aliphatic heterocycles. The van der Waals surface area contributed by atoms with E-state index in [-0.39, 0.29) is 5.69 Å². The molecule has 1 heterocycles. The molecule has 0 amide bonds. The molecule has 2 rings (SSSR count). The standard InChI is InChI=1S/C13H19N3O3/c1-19-13-7-11(6-12(8-13)16(17)18)15-5-3-10-2-4-14-9-10/h6-8,10,14-15H,2-5,9H2,1H3. The summed E-state index contributed by atoms with van der Waals surface area (Å²) in [5, 5.41) is 17.4. The summed E-state index contributed by atoms with van der Waals surface area (Å²) in [5.41, 5.74) is 0.779. The first-order valence-electron chi connectivity index (χ1n) is 6.47. The zero-order valence-electron chi connectivity index (χ0n) is 11.0. The van der Waals surface area contributed by atoms with Crippen molar-refractivity contribution in [1.82, 2.24) is 5.32 Å². The van der Waals surface area contributed by atoms with E-state index in [4.69, 9.17) is 4.74 Å². The number of non-ortho nitro benzene ring substituents is 1. The van der Waals surface area contributed by atoms with Crippen LogP contribution in [-0.4, -0.2) is 31.7 Å². The number of ether oxygens (including phenoxy) is 1. The molecule has 1 saturated heterocycles. The van der Waals surface area contributed by atoms with Gasteiger partial charge in [0.1, 0.15) is 5.75 Å². The van der Waals surface area contributed by atoms with Crippen molar-refractivity contribution in [2.45, 2.75) is 12.8 Å². The first-order chi connectivity index (χ1) is 9.19. The minimum Gasteiger partial charge on any atom is -0.496 e. The van der Waals surface area contributed by atoms with Crippen molar-refractivity contribution in [2.24, 2.45) is 5.92 Å². The highest BCUT2D eigenvalue weighted by molar-refractivity contribution is 5.56. The maximum atomic E-state index is 10.8. The minimum atomic E-state index is -0.408. The Labute approximate surface area is 112 Å². The molecule has 0 radical (unpaired) electrons. The molecule has 1 aliphatic rings. The smallest absolute Gasteiger partial charge is 0.275 e. The molecule has 0 bridgehead atoms. The second-order valence-electron chi connectivity index (χ2n) is 4.75. The highest BCUT2D eigenvalue weighted by Gasteiger charge is 2.14. The van der Waals surface area contributed by atoms with Crippen LogP contribution in [-0.2, 0) is 0 Å². The van der Waals surface area contributed by atoms with Gasteiger partial charge < -0.3 is 15.4 Å². The molecule has 6 heteroatoms. The largest absolute Gasteiger partial charge is 0.496 e. The van der Waals surface area contributed by atoms with E-state index in [1.165, 1.54) is 25.7 Å². The molecule has 1 aromatic carbocycles. The van der Waals surface area contributed by atoms with E-state index in [0.29, 0.717) is 11.7 Å². The van der Waals surface area contributed by atoms with Gasteiger partial charge in [-0.15, -0.1) is 0 Å². The van der Waals surface area contributed by atoms with Gasteiger partial charge in [-0.1, -0.05) is 0 Å². The summed E-state index contributed by atoms with van der Waals surface area (Å²) in [6.07, 6.45) is 2.28. The first-order valence-corrected chi connectivity index (χ1v) is 6.47. The fraction of sp³-hybridized carbons (Fsp3) is 0.538. The Kier molecular flexibility index (Phi) is 4.57. The van der Waals surface area contributed by atoms with E-state index in [1.54, 1.807) is 6.07 Å². The Morgan fingerprint density at radius 2 is 2.37 bits per heavy atom. The summed E-state index contributed by atoms with van der Waals surface area (Å²) < 4.78 is 5.07. The van der Waals surface area contributed by atoms with Crippen LogP contribution in [0.15, 0.2) is 18.2 Å². The molecule has 1 fully saturated rings. The average molecular weight is 265 g/mol. The van der Waals surface area contributed by atoms with Gasteiger partial charge in [-0.3, -0.25) is 10.1 Å². The third-order valence-corrected chi connectivity index (χ3v) is 3.38. The van der Waals surface area contributed by atoms with Crippen molar-refractivity contribution in [2.75, 3.05) is 32.1 Å². The highest BCUT2D eigenvalue weighted by atomic mass is 16.6. The lowest BCUT2D eigenvalue weighted by atomic mass is 10.1. The fourth-order valence-electron chi connectivity index (χ4n) is 2.29. The molecule has 0 saturated carbocycles. The molecule has 1 aromatic rings. The second-order valence-corrected chi connectivity index (χ2v) is 4.75. The van der Waals surface area contributed by atoms with Crippen LogP contribution < -0.4 is 15.4 Å². The Morgan fingerprint density at radius 3 is 3.00 bits per heavy atom. The summed E-state index contributed by atoms with van der Waals surface area (Å²) in [6, 6.07) is 4.74. The molecule has 104 valence electrons. The van der Waals surface area contributed by atoms with Gasteiger partial charge in [-0.25, -0.2) is 0 Å². The number of nitro benzene ring substituents is 1. The zero-order chi connectivity index (χ0) is 13.7. The van der Waals surface area contributed by atoms with Crippen molar-refractivity contribution in [1.29, 1.82) is 0 Å². The Bertz CT molecular complexity index is 445. The number of benzene rings is 1. The maximum absolute atomic E-state index is 10.8. The molecular weight excluding hydrogens is 246 g/mol. The average Bonchev–Trinajstić information content (AvgIpc) is 2.91. The van der Waals surface area contributed by atoms with Crippen LogP contribution in [0.5, 0.6) is 5.75 Å². The van der Waals surface area contributed by atoms with Crippen LogP contribution >= 0.6 is 0 Å². The van der Waals surface area contributed by atoms with Gasteiger partial charge in [0, 0.05) is 24.4 Å². The van der Waals surface area contributed by atoms with Gasteiger partial charge in [-0.05, 0) is 31.8 Å². The molecule has 2 N–H and O–H groups in total. The van der Waals surface area contributed by atoms with Crippen molar-refractivity contribution in [3.05, 3.63) is 28.3 Å². The molecular formula is C13H19N3O3. The Morgan fingerprint density at radius 1 is 1.53 bits per heavy atom. The monoisotopic (exact) mass is 265 g/mol. The van der Waals surface area contributed by atoms with E-state index in [0.717, 1.165) is 31.7 Å². The lowest BCUT2D eigenvalue weighted by molar-refractivity contribution is -0.384. The molecule has 6 nitrogen and oxygen atoms in total. The molecule has 0 aromatic heterocycles. The van der Waals surface area contributed by atoms with Gasteiger partial charge in [0.25, 0.3) is 5.69 Å². The van der Waals surface area contributed by atoms with E-state index >= 15 is 0 Å². The molecule has 1 atom stereocenters. The molecule has 1 unspecified atom stereocenters. The number of nitro groups is 1. The second kappa shape index (κ2) is 6.38. The number of rotatable bonds is 6. The van der Waals surface area contributed by atoms with Crippen molar-refractivity contribution >= 4 is 11.4 Å². The van der Waals surface area contributed by atoms with E-state index in [9.17, 15) is 10.1 Å². The molecule has 0 spiro atoms. The first kappa shape index (κ1) is 13.6. The zero-order valence-corrected chi connectivity index (χ0v) is 11.0. The van der Waals surface area contributed by atoms with Crippen LogP contribution in [0.2, 0.25) is 0 Å². The third kappa shape index (κ3) is 3.82. The van der Waals surface area contributed by atoms with Crippen LogP contribution in [0.3, 0.4) is 0 Å². The topological polar surface area (TPSA) is 76.4 Å². The number of hydrogen-bond donors (Lipinski definition) is 2. The SMILES string of the molecule is COc1cc(NCCC2CCNC2)cc([N+](=O)[O-])c1. The minimum absolute atomic E-state index is 0.0457. The highest BCUT2D eigenvalue weighted by Crippen LogP contribution is 2.26. The van der Waals surface area contributed by atoms with Gasteiger partial charge in [0.15, 0.2) is 0 Å². The van der Waals surface area contributed by atoms with Gasteiger partial charge in [-0.2, -0.15) is 0 Å². The third-order valence-electron chi connectivity index (χ3n) is 3.38. The predicted octanol–water partition coefficient (Wildman–Crippen LogP) is 2.01. The van der Waals surface area contributed by atoms with Gasteiger partial charge in [0.05, 0.1) is 18.1 Å². The predicted molar refractivity (Wildman–Crippen MR) is 73.7 cm³/mol. The summed E-state index contributed by atoms with van der Waals surface area (Å²) in [6.45, 7) is 2.98. The van der Waals surface area contributed by atoms with E-state index in [1.807, 2.05) is 0 Å². The summed E-state index contributed by atoms with van der Waals surface area (Å²) in [5.74, 6) is 1.20. The Balaban J connectivity index is 1.94. The van der Waals surface area contributed by atoms with Crippen molar-refractivity contribution in [3.63, 3.8) is 0 Å². The van der Waals surface area contributed by atoms with Crippen LogP contribution in [0.25, 0.3) is 0 Å². The lowest BCUT2D eigenvalue weighted by Gasteiger charge is -2.11.